The molecule has 1 saturated carbocycles. The predicted molar refractivity (Wildman–Crippen MR) is 55.3 cm³/mol. The second-order valence-corrected chi connectivity index (χ2v) is 4.62. The van der Waals surface area contributed by atoms with Gasteiger partial charge in [-0.05, 0) is 31.6 Å². The molecular formula is C11H19NO3. The van der Waals surface area contributed by atoms with Crippen LogP contribution in [0.5, 0.6) is 0 Å². The van der Waals surface area contributed by atoms with Crippen LogP contribution in [0.3, 0.4) is 0 Å². The minimum Gasteiger partial charge on any atom is -0.393 e. The number of amides is 1. The van der Waals surface area contributed by atoms with Crippen LogP contribution < -0.4 is 0 Å². The number of aliphatic hydroxyl groups is 1. The highest BCUT2D eigenvalue weighted by molar-refractivity contribution is 5.81. The van der Waals surface area contributed by atoms with E-state index in [2.05, 4.69) is 0 Å². The monoisotopic (exact) mass is 213 g/mol. The van der Waals surface area contributed by atoms with Crippen LogP contribution in [0.15, 0.2) is 0 Å². The fourth-order valence-electron chi connectivity index (χ4n) is 2.46. The zero-order valence-corrected chi connectivity index (χ0v) is 9.19. The Balaban J connectivity index is 1.94. The van der Waals surface area contributed by atoms with Crippen LogP contribution in [0.2, 0.25) is 0 Å². The normalized spacial score (nSPS) is 38.1. The largest absolute Gasteiger partial charge is 0.393 e. The maximum atomic E-state index is 11.8. The Morgan fingerprint density at radius 3 is 2.67 bits per heavy atom. The summed E-state index contributed by atoms with van der Waals surface area (Å²) in [7, 11) is 1.83. The lowest BCUT2D eigenvalue weighted by Gasteiger charge is -2.36. The van der Waals surface area contributed by atoms with Gasteiger partial charge in [0.05, 0.1) is 12.7 Å². The average molecular weight is 213 g/mol. The minimum absolute atomic E-state index is 0.114. The Hall–Kier alpha value is -0.610. The van der Waals surface area contributed by atoms with Crippen molar-refractivity contribution in [3.05, 3.63) is 0 Å². The van der Waals surface area contributed by atoms with E-state index in [9.17, 15) is 9.90 Å². The number of rotatable bonds is 1. The Kier molecular flexibility index (Phi) is 3.26. The van der Waals surface area contributed by atoms with Crippen molar-refractivity contribution in [1.29, 1.82) is 0 Å². The van der Waals surface area contributed by atoms with Crippen LogP contribution >= 0.6 is 0 Å². The molecule has 2 rings (SSSR count). The van der Waals surface area contributed by atoms with Gasteiger partial charge in [0.15, 0.2) is 0 Å². The van der Waals surface area contributed by atoms with Gasteiger partial charge in [-0.3, -0.25) is 4.79 Å². The number of aliphatic hydroxyl groups excluding tert-OH is 1. The third-order valence-electron chi connectivity index (χ3n) is 3.51. The topological polar surface area (TPSA) is 49.8 Å². The summed E-state index contributed by atoms with van der Waals surface area (Å²) in [6.07, 6.45) is 3.01. The van der Waals surface area contributed by atoms with E-state index in [1.54, 1.807) is 4.90 Å². The highest BCUT2D eigenvalue weighted by Crippen LogP contribution is 2.30. The molecule has 1 N–H and O–H groups in total. The molecule has 2 aliphatic rings. The predicted octanol–water partition coefficient (Wildman–Crippen LogP) is 0.395. The zero-order chi connectivity index (χ0) is 10.8. The van der Waals surface area contributed by atoms with E-state index >= 15 is 0 Å². The van der Waals surface area contributed by atoms with E-state index in [0.29, 0.717) is 19.1 Å². The molecule has 0 radical (unpaired) electrons. The van der Waals surface area contributed by atoms with Gasteiger partial charge < -0.3 is 14.7 Å². The molecule has 1 saturated heterocycles. The van der Waals surface area contributed by atoms with Gasteiger partial charge in [0, 0.05) is 13.6 Å². The molecule has 0 aromatic carbocycles. The number of hydrogen-bond acceptors (Lipinski definition) is 3. The van der Waals surface area contributed by atoms with Crippen molar-refractivity contribution in [1.82, 2.24) is 4.90 Å². The third-order valence-corrected chi connectivity index (χ3v) is 3.51. The summed E-state index contributed by atoms with van der Waals surface area (Å²) >= 11 is 0. The summed E-state index contributed by atoms with van der Waals surface area (Å²) in [5.74, 6) is 0.422. The van der Waals surface area contributed by atoms with Crippen LogP contribution in [-0.2, 0) is 9.53 Å². The van der Waals surface area contributed by atoms with E-state index in [4.69, 9.17) is 4.74 Å². The van der Waals surface area contributed by atoms with Gasteiger partial charge >= 0.3 is 0 Å². The van der Waals surface area contributed by atoms with Gasteiger partial charge in [0.1, 0.15) is 6.10 Å². The van der Waals surface area contributed by atoms with E-state index in [1.807, 2.05) is 7.05 Å². The van der Waals surface area contributed by atoms with Crippen molar-refractivity contribution in [2.24, 2.45) is 5.92 Å². The summed E-state index contributed by atoms with van der Waals surface area (Å²) in [4.78, 5) is 13.6. The molecule has 4 nitrogen and oxygen atoms in total. The lowest BCUT2D eigenvalue weighted by Crippen LogP contribution is -2.49. The molecule has 1 unspecified atom stereocenters. The first-order valence-corrected chi connectivity index (χ1v) is 5.73. The first-order chi connectivity index (χ1) is 7.18. The molecule has 4 heteroatoms. The Morgan fingerprint density at radius 2 is 2.00 bits per heavy atom. The van der Waals surface area contributed by atoms with Crippen molar-refractivity contribution in [3.63, 3.8) is 0 Å². The van der Waals surface area contributed by atoms with Gasteiger partial charge in [-0.15, -0.1) is 0 Å². The average Bonchev–Trinajstić information content (AvgIpc) is 2.24. The van der Waals surface area contributed by atoms with Gasteiger partial charge in [0.25, 0.3) is 5.91 Å². The SMILES string of the molecule is CN1CCOC(C2CCC(O)CC2)C1=O. The lowest BCUT2D eigenvalue weighted by atomic mass is 9.83. The second kappa shape index (κ2) is 4.49. The number of carbonyl (C=O) groups excluding carboxylic acids is 1. The molecule has 1 heterocycles. The number of morpholine rings is 1. The number of nitrogens with zero attached hydrogens (tertiary/aromatic N) is 1. The molecule has 86 valence electrons. The maximum Gasteiger partial charge on any atom is 0.251 e. The molecule has 0 spiro atoms. The highest BCUT2D eigenvalue weighted by atomic mass is 16.5. The van der Waals surface area contributed by atoms with Gasteiger partial charge in [-0.2, -0.15) is 0 Å². The Bertz CT molecular complexity index is 236. The van der Waals surface area contributed by atoms with Crippen molar-refractivity contribution >= 4 is 5.91 Å². The zero-order valence-electron chi connectivity index (χ0n) is 9.19. The summed E-state index contributed by atoms with van der Waals surface area (Å²) in [6, 6.07) is 0. The summed E-state index contributed by atoms with van der Waals surface area (Å²) in [6.45, 7) is 1.34. The van der Waals surface area contributed by atoms with E-state index in [0.717, 1.165) is 25.7 Å². The fraction of sp³-hybridized carbons (Fsp3) is 0.909. The first-order valence-electron chi connectivity index (χ1n) is 5.73. The van der Waals surface area contributed by atoms with Gasteiger partial charge in [-0.1, -0.05) is 0 Å². The molecule has 0 aromatic heterocycles. The number of likely N-dealkylation sites (N-methyl/N-ethyl adjacent to an activating group) is 1. The van der Waals surface area contributed by atoms with Crippen LogP contribution in [0.1, 0.15) is 25.7 Å². The molecule has 2 fully saturated rings. The molecular weight excluding hydrogens is 194 g/mol. The quantitative estimate of drug-likeness (QED) is 0.685. The molecule has 1 aliphatic carbocycles. The molecule has 1 amide bonds. The van der Waals surface area contributed by atoms with Crippen LogP contribution in [0.25, 0.3) is 0 Å². The standard InChI is InChI=1S/C11H19NO3/c1-12-6-7-15-10(11(12)14)8-2-4-9(13)5-3-8/h8-10,13H,2-7H2,1H3. The van der Waals surface area contributed by atoms with E-state index in [1.165, 1.54) is 0 Å². The first kappa shape index (κ1) is 10.9. The van der Waals surface area contributed by atoms with Crippen LogP contribution in [0.4, 0.5) is 0 Å². The lowest BCUT2D eigenvalue weighted by molar-refractivity contribution is -0.157. The molecule has 15 heavy (non-hydrogen) atoms. The van der Waals surface area contributed by atoms with Crippen LogP contribution in [0, 0.1) is 5.92 Å². The summed E-state index contributed by atoms with van der Waals surface area (Å²) in [5.41, 5.74) is 0. The Labute approximate surface area is 90.2 Å². The number of carbonyl (C=O) groups is 1. The highest BCUT2D eigenvalue weighted by Gasteiger charge is 2.36. The summed E-state index contributed by atoms with van der Waals surface area (Å²) in [5, 5.41) is 9.41. The fourth-order valence-corrected chi connectivity index (χ4v) is 2.46. The molecule has 1 atom stereocenters. The van der Waals surface area contributed by atoms with Crippen LogP contribution in [-0.4, -0.2) is 48.3 Å². The van der Waals surface area contributed by atoms with Crippen molar-refractivity contribution in [2.75, 3.05) is 20.2 Å². The molecule has 0 aromatic rings. The van der Waals surface area contributed by atoms with Crippen molar-refractivity contribution in [3.8, 4) is 0 Å². The maximum absolute atomic E-state index is 11.8. The van der Waals surface area contributed by atoms with E-state index in [-0.39, 0.29) is 18.1 Å². The van der Waals surface area contributed by atoms with E-state index < -0.39 is 0 Å². The van der Waals surface area contributed by atoms with Crippen molar-refractivity contribution < 1.29 is 14.6 Å². The molecule has 1 aliphatic heterocycles. The Morgan fingerprint density at radius 1 is 1.33 bits per heavy atom. The summed E-state index contributed by atoms with van der Waals surface area (Å²) < 4.78 is 5.56. The smallest absolute Gasteiger partial charge is 0.251 e. The minimum atomic E-state index is -0.253. The molecule has 0 bridgehead atoms. The third kappa shape index (κ3) is 2.32. The second-order valence-electron chi connectivity index (χ2n) is 4.62. The van der Waals surface area contributed by atoms with Gasteiger partial charge in [-0.25, -0.2) is 0 Å². The van der Waals surface area contributed by atoms with Gasteiger partial charge in [0.2, 0.25) is 0 Å². The number of ether oxygens (including phenoxy) is 1. The number of hydrogen-bond donors (Lipinski definition) is 1. The van der Waals surface area contributed by atoms with Crippen molar-refractivity contribution in [2.45, 2.75) is 37.9 Å².